The summed E-state index contributed by atoms with van der Waals surface area (Å²) in [6.45, 7) is 0. The number of hydrogen-bond acceptors (Lipinski definition) is 2. The molecule has 0 spiro atoms. The minimum Gasteiger partial charge on any atom is -0.135 e. The maximum Gasteiger partial charge on any atom is 0.0434 e. The van der Waals surface area contributed by atoms with Gasteiger partial charge in [-0.25, -0.2) is 0 Å². The molecule has 44 heavy (non-hydrogen) atoms. The van der Waals surface area contributed by atoms with Crippen molar-refractivity contribution in [3.8, 4) is 22.3 Å². The van der Waals surface area contributed by atoms with E-state index in [1.807, 2.05) is 22.7 Å². The molecule has 0 amide bonds. The van der Waals surface area contributed by atoms with Crippen LogP contribution >= 0.6 is 22.7 Å². The number of fused-ring (bicyclic) bond motifs is 10. The molecule has 206 valence electrons. The Bertz CT molecular complexity index is 2760. The van der Waals surface area contributed by atoms with Crippen LogP contribution < -0.4 is 10.4 Å². The SMILES string of the molecule is C1=c2c(-c3ccccc3)c3ccccc3c(-c3ccc4sc5c6cc7sc8ccccc8c7cc6ccc5c4c3)c2=CCC1. The van der Waals surface area contributed by atoms with Crippen LogP contribution in [0.4, 0.5) is 0 Å². The molecule has 2 aromatic heterocycles. The van der Waals surface area contributed by atoms with Crippen LogP contribution in [0.1, 0.15) is 12.8 Å². The number of hydrogen-bond donors (Lipinski definition) is 0. The van der Waals surface area contributed by atoms with Crippen LogP contribution in [0.15, 0.2) is 121 Å². The zero-order valence-corrected chi connectivity index (χ0v) is 25.6. The van der Waals surface area contributed by atoms with Crippen molar-refractivity contribution in [1.82, 2.24) is 0 Å². The fourth-order valence-corrected chi connectivity index (χ4v) is 9.85. The van der Waals surface area contributed by atoms with E-state index in [1.165, 1.54) is 94.6 Å². The molecule has 0 radical (unpaired) electrons. The Morgan fingerprint density at radius 1 is 0.386 bits per heavy atom. The maximum absolute atomic E-state index is 2.48. The third kappa shape index (κ3) is 3.50. The summed E-state index contributed by atoms with van der Waals surface area (Å²) in [5, 5.41) is 13.5. The summed E-state index contributed by atoms with van der Waals surface area (Å²) >= 11 is 3.84. The first kappa shape index (κ1) is 24.7. The van der Waals surface area contributed by atoms with E-state index in [-0.39, 0.29) is 0 Å². The molecule has 0 N–H and O–H groups in total. The summed E-state index contributed by atoms with van der Waals surface area (Å²) in [7, 11) is 0. The van der Waals surface area contributed by atoms with Crippen LogP contribution in [-0.4, -0.2) is 0 Å². The van der Waals surface area contributed by atoms with Crippen LogP contribution in [-0.2, 0) is 0 Å². The smallest absolute Gasteiger partial charge is 0.0434 e. The van der Waals surface area contributed by atoms with Crippen molar-refractivity contribution in [2.45, 2.75) is 12.8 Å². The molecule has 0 bridgehead atoms. The molecule has 0 nitrogen and oxygen atoms in total. The molecule has 0 saturated carbocycles. The highest BCUT2D eigenvalue weighted by atomic mass is 32.1. The van der Waals surface area contributed by atoms with Crippen molar-refractivity contribution < 1.29 is 0 Å². The molecular formula is C42H26S2. The molecule has 0 saturated heterocycles. The first-order valence-electron chi connectivity index (χ1n) is 15.3. The normalized spacial score (nSPS) is 13.2. The lowest BCUT2D eigenvalue weighted by molar-refractivity contribution is 1.12. The standard InChI is InChI=1S/C42H26S2/c1-2-10-25(11-3-1)40-29-13-4-6-15-31(29)41(32-16-7-5-14-30(32)40)27-19-21-38-36(23-27)33-20-18-26-22-35-28-12-8-9-17-37(28)43-39(35)24-34(26)42(33)44-38/h1-4,6,8-24H,5,7H2. The van der Waals surface area contributed by atoms with Crippen molar-refractivity contribution in [1.29, 1.82) is 0 Å². The van der Waals surface area contributed by atoms with Gasteiger partial charge in [0.2, 0.25) is 0 Å². The first-order valence-corrected chi connectivity index (χ1v) is 17.0. The Balaban J connectivity index is 1.25. The fourth-order valence-electron chi connectivity index (χ4n) is 7.52. The molecule has 7 aromatic carbocycles. The van der Waals surface area contributed by atoms with Crippen molar-refractivity contribution in [2.75, 3.05) is 0 Å². The summed E-state index contributed by atoms with van der Waals surface area (Å²) in [5.74, 6) is 0. The second-order valence-corrected chi connectivity index (χ2v) is 14.0. The van der Waals surface area contributed by atoms with Crippen molar-refractivity contribution in [3.05, 3.63) is 132 Å². The third-order valence-corrected chi connectivity index (χ3v) is 11.8. The number of thiophene rings is 2. The average molecular weight is 595 g/mol. The molecular weight excluding hydrogens is 569 g/mol. The lowest BCUT2D eigenvalue weighted by atomic mass is 9.86. The highest BCUT2D eigenvalue weighted by molar-refractivity contribution is 7.27. The van der Waals surface area contributed by atoms with E-state index in [9.17, 15) is 0 Å². The fraction of sp³-hybridized carbons (Fsp3) is 0.0476. The molecule has 9 aromatic rings. The van der Waals surface area contributed by atoms with Gasteiger partial charge in [0.25, 0.3) is 0 Å². The van der Waals surface area contributed by atoms with Crippen LogP contribution in [0.25, 0.3) is 96.3 Å². The van der Waals surface area contributed by atoms with Gasteiger partial charge in [-0.3, -0.25) is 0 Å². The van der Waals surface area contributed by atoms with Gasteiger partial charge in [-0.15, -0.1) is 22.7 Å². The molecule has 10 rings (SSSR count). The van der Waals surface area contributed by atoms with E-state index < -0.39 is 0 Å². The maximum atomic E-state index is 2.48. The van der Waals surface area contributed by atoms with Gasteiger partial charge >= 0.3 is 0 Å². The molecule has 2 heteroatoms. The average Bonchev–Trinajstić information content (AvgIpc) is 3.64. The molecule has 0 unspecified atom stereocenters. The van der Waals surface area contributed by atoms with Gasteiger partial charge in [0, 0.05) is 45.7 Å². The van der Waals surface area contributed by atoms with Gasteiger partial charge < -0.3 is 0 Å². The molecule has 1 aliphatic rings. The van der Waals surface area contributed by atoms with Crippen LogP contribution in [0, 0.1) is 0 Å². The zero-order valence-electron chi connectivity index (χ0n) is 23.9. The number of rotatable bonds is 2. The summed E-state index contributed by atoms with van der Waals surface area (Å²) in [4.78, 5) is 0. The molecule has 0 fully saturated rings. The minimum atomic E-state index is 1.08. The largest absolute Gasteiger partial charge is 0.135 e. The quantitative estimate of drug-likeness (QED) is 0.187. The van der Waals surface area contributed by atoms with E-state index in [0.717, 1.165) is 12.8 Å². The summed E-state index contributed by atoms with van der Waals surface area (Å²) in [6, 6.07) is 45.4. The Labute approximate surface area is 262 Å². The highest BCUT2D eigenvalue weighted by Gasteiger charge is 2.18. The van der Waals surface area contributed by atoms with E-state index in [0.29, 0.717) is 0 Å². The zero-order chi connectivity index (χ0) is 28.8. The van der Waals surface area contributed by atoms with Crippen molar-refractivity contribution >= 4 is 96.7 Å². The topological polar surface area (TPSA) is 0 Å². The predicted molar refractivity (Wildman–Crippen MR) is 196 cm³/mol. The molecule has 0 aliphatic heterocycles. The van der Waals surface area contributed by atoms with E-state index >= 15 is 0 Å². The van der Waals surface area contributed by atoms with Gasteiger partial charge in [-0.1, -0.05) is 103 Å². The highest BCUT2D eigenvalue weighted by Crippen LogP contribution is 2.44. The van der Waals surface area contributed by atoms with Gasteiger partial charge in [0.1, 0.15) is 0 Å². The van der Waals surface area contributed by atoms with E-state index in [4.69, 9.17) is 0 Å². The van der Waals surface area contributed by atoms with Crippen LogP contribution in [0.5, 0.6) is 0 Å². The third-order valence-electron chi connectivity index (χ3n) is 9.46. The summed E-state index contributed by atoms with van der Waals surface area (Å²) in [6.07, 6.45) is 7.10. The van der Waals surface area contributed by atoms with Gasteiger partial charge in [0.15, 0.2) is 0 Å². The Morgan fingerprint density at radius 3 is 1.84 bits per heavy atom. The molecule has 0 atom stereocenters. The summed E-state index contributed by atoms with van der Waals surface area (Å²) < 4.78 is 5.47. The van der Waals surface area contributed by atoms with E-state index in [1.54, 1.807) is 0 Å². The Kier molecular flexibility index (Phi) is 5.25. The lowest BCUT2D eigenvalue weighted by Gasteiger charge is -2.17. The second-order valence-electron chi connectivity index (χ2n) is 11.9. The van der Waals surface area contributed by atoms with Gasteiger partial charge in [-0.05, 0) is 92.0 Å². The van der Waals surface area contributed by atoms with E-state index in [2.05, 4.69) is 133 Å². The van der Waals surface area contributed by atoms with Crippen LogP contribution in [0.2, 0.25) is 0 Å². The van der Waals surface area contributed by atoms with Crippen molar-refractivity contribution in [2.24, 2.45) is 0 Å². The second kappa shape index (κ2) is 9.37. The molecule has 1 aliphatic carbocycles. The summed E-state index contributed by atoms with van der Waals surface area (Å²) in [5.41, 5.74) is 5.31. The monoisotopic (exact) mass is 594 g/mol. The first-order chi connectivity index (χ1) is 21.8. The number of benzene rings is 7. The molecule has 2 heterocycles. The predicted octanol–water partition coefficient (Wildman–Crippen LogP) is 11.4. The van der Waals surface area contributed by atoms with Crippen LogP contribution in [0.3, 0.4) is 0 Å². The van der Waals surface area contributed by atoms with Gasteiger partial charge in [0.05, 0.1) is 0 Å². The van der Waals surface area contributed by atoms with Gasteiger partial charge in [-0.2, -0.15) is 0 Å². The minimum absolute atomic E-state index is 1.08. The lowest BCUT2D eigenvalue weighted by Crippen LogP contribution is -2.31. The Hall–Kier alpha value is -4.76. The van der Waals surface area contributed by atoms with Crippen molar-refractivity contribution in [3.63, 3.8) is 0 Å². The Morgan fingerprint density at radius 2 is 1.05 bits per heavy atom.